The van der Waals surface area contributed by atoms with E-state index < -0.39 is 0 Å². The smallest absolute Gasteiger partial charge is 0.255 e. The molecule has 1 aromatic heterocycles. The van der Waals surface area contributed by atoms with E-state index in [-0.39, 0.29) is 22.6 Å². The molecule has 0 spiro atoms. The molecule has 1 heterocycles. The quantitative estimate of drug-likeness (QED) is 0.245. The number of nitrogens with one attached hydrogen (secondary N) is 3. The Labute approximate surface area is 233 Å². The molecule has 0 radical (unpaired) electrons. The molecule has 2 amide bonds. The number of terminal acetylenes is 1. The Morgan fingerprint density at radius 2 is 1.62 bits per heavy atom. The van der Waals surface area contributed by atoms with Crippen LogP contribution in [0.5, 0.6) is 0 Å². The van der Waals surface area contributed by atoms with Crippen molar-refractivity contribution >= 4 is 17.5 Å². The molecule has 0 aliphatic heterocycles. The number of pyridine rings is 1. The van der Waals surface area contributed by atoms with Crippen molar-refractivity contribution in [3.8, 4) is 23.5 Å². The normalized spacial score (nSPS) is 11.5. The van der Waals surface area contributed by atoms with Crippen LogP contribution in [0.3, 0.4) is 0 Å². The van der Waals surface area contributed by atoms with Gasteiger partial charge in [-0.2, -0.15) is 0 Å². The van der Waals surface area contributed by atoms with Crippen LogP contribution in [0, 0.1) is 24.7 Å². The molecule has 0 saturated heterocycles. The first-order chi connectivity index (χ1) is 18.3. The maximum atomic E-state index is 13.3. The van der Waals surface area contributed by atoms with Gasteiger partial charge >= 0.3 is 0 Å². The molecule has 204 valence electrons. The van der Waals surface area contributed by atoms with Crippen molar-refractivity contribution in [3.63, 3.8) is 0 Å². The number of amides is 2. The van der Waals surface area contributed by atoms with Crippen molar-refractivity contribution < 1.29 is 9.59 Å². The van der Waals surface area contributed by atoms with E-state index in [2.05, 4.69) is 74.5 Å². The predicted octanol–water partition coefficient (Wildman–Crippen LogP) is 6.11. The average molecular weight is 525 g/mol. The Morgan fingerprint density at radius 1 is 0.923 bits per heavy atom. The minimum absolute atomic E-state index is 0.0116. The topological polar surface area (TPSA) is 83.1 Å². The highest BCUT2D eigenvalue weighted by molar-refractivity contribution is 6.04. The van der Waals surface area contributed by atoms with Crippen molar-refractivity contribution in [2.75, 3.05) is 18.4 Å². The molecular formula is C33H40N4O2. The number of carbonyl (C=O) groups is 2. The molecule has 0 unspecified atom stereocenters. The predicted molar refractivity (Wildman–Crippen MR) is 160 cm³/mol. The van der Waals surface area contributed by atoms with Gasteiger partial charge in [-0.1, -0.05) is 65.7 Å². The van der Waals surface area contributed by atoms with Gasteiger partial charge in [0.1, 0.15) is 0 Å². The van der Waals surface area contributed by atoms with E-state index in [1.54, 1.807) is 6.20 Å². The summed E-state index contributed by atoms with van der Waals surface area (Å²) in [6, 6.07) is 15.3. The summed E-state index contributed by atoms with van der Waals surface area (Å²) in [7, 11) is 0. The van der Waals surface area contributed by atoms with Crippen LogP contribution in [0.4, 0.5) is 5.69 Å². The molecular weight excluding hydrogens is 484 g/mol. The Morgan fingerprint density at radius 3 is 2.23 bits per heavy atom. The Hall–Kier alpha value is -3.95. The van der Waals surface area contributed by atoms with Crippen LogP contribution in [0.1, 0.15) is 79.1 Å². The van der Waals surface area contributed by atoms with Gasteiger partial charge in [-0.25, -0.2) is 0 Å². The van der Waals surface area contributed by atoms with Gasteiger partial charge in [-0.3, -0.25) is 14.6 Å². The molecule has 3 N–H and O–H groups in total. The molecule has 0 bridgehead atoms. The maximum absolute atomic E-state index is 13.3. The lowest BCUT2D eigenvalue weighted by Gasteiger charge is -2.21. The maximum Gasteiger partial charge on any atom is 0.255 e. The number of aromatic nitrogens is 1. The van der Waals surface area contributed by atoms with Gasteiger partial charge in [0.05, 0.1) is 18.4 Å². The number of anilines is 1. The van der Waals surface area contributed by atoms with Crippen molar-refractivity contribution in [1.29, 1.82) is 0 Å². The van der Waals surface area contributed by atoms with Gasteiger partial charge in [-0.05, 0) is 64.8 Å². The third-order valence-corrected chi connectivity index (χ3v) is 6.26. The van der Waals surface area contributed by atoms with Gasteiger partial charge in [0.15, 0.2) is 0 Å². The van der Waals surface area contributed by atoms with E-state index in [1.165, 1.54) is 0 Å². The molecule has 0 aliphatic carbocycles. The van der Waals surface area contributed by atoms with Gasteiger partial charge in [-0.15, -0.1) is 6.42 Å². The van der Waals surface area contributed by atoms with E-state index in [1.807, 2.05) is 49.4 Å². The SMILES string of the molecule is C#CCNCc1cc(C(=O)Nc2cnc(C)c(-c3ccc(C(=O)NCC(C)(C)C)cc3)c2)cc(C(C)(C)C)c1. The van der Waals surface area contributed by atoms with Crippen molar-refractivity contribution in [1.82, 2.24) is 15.6 Å². The monoisotopic (exact) mass is 524 g/mol. The first-order valence-corrected chi connectivity index (χ1v) is 13.2. The number of benzene rings is 2. The second-order valence-electron chi connectivity index (χ2n) is 12.1. The number of hydrogen-bond donors (Lipinski definition) is 3. The van der Waals surface area contributed by atoms with E-state index in [4.69, 9.17) is 6.42 Å². The Balaban J connectivity index is 1.82. The third-order valence-electron chi connectivity index (χ3n) is 6.26. The summed E-state index contributed by atoms with van der Waals surface area (Å²) in [5.74, 6) is 2.27. The summed E-state index contributed by atoms with van der Waals surface area (Å²) >= 11 is 0. The number of hydrogen-bond acceptors (Lipinski definition) is 4. The molecule has 2 aromatic carbocycles. The fourth-order valence-electron chi connectivity index (χ4n) is 3.98. The van der Waals surface area contributed by atoms with E-state index in [0.717, 1.165) is 27.9 Å². The summed E-state index contributed by atoms with van der Waals surface area (Å²) in [6.45, 7) is 16.2. The van der Waals surface area contributed by atoms with Gasteiger partial charge in [0.2, 0.25) is 0 Å². The lowest BCUT2D eigenvalue weighted by atomic mass is 9.85. The standard InChI is InChI=1S/C33H40N4O2/c1-9-14-34-19-23-15-26(17-27(16-23)33(6,7)8)31(39)37-28-18-29(22(2)35-20-28)24-10-12-25(13-11-24)30(38)36-21-32(3,4)5/h1,10-13,15-18,20,34H,14,19,21H2,2-8H3,(H,36,38)(H,37,39). The minimum atomic E-state index is -0.207. The molecule has 0 fully saturated rings. The fraction of sp³-hybridized carbons (Fsp3) is 0.364. The number of aryl methyl sites for hydroxylation is 1. The third kappa shape index (κ3) is 8.53. The summed E-state index contributed by atoms with van der Waals surface area (Å²) in [5, 5.41) is 9.19. The van der Waals surface area contributed by atoms with Crippen LogP contribution in [-0.4, -0.2) is 29.9 Å². The molecule has 0 saturated carbocycles. The highest BCUT2D eigenvalue weighted by Gasteiger charge is 2.18. The largest absolute Gasteiger partial charge is 0.352 e. The van der Waals surface area contributed by atoms with E-state index in [9.17, 15) is 9.59 Å². The molecule has 3 rings (SSSR count). The number of carbonyl (C=O) groups excluding carboxylic acids is 2. The zero-order valence-electron chi connectivity index (χ0n) is 24.2. The summed E-state index contributed by atoms with van der Waals surface area (Å²) in [6.07, 6.45) is 7.03. The van der Waals surface area contributed by atoms with Crippen LogP contribution >= 0.6 is 0 Å². The number of nitrogens with zero attached hydrogens (tertiary/aromatic N) is 1. The summed E-state index contributed by atoms with van der Waals surface area (Å²) in [4.78, 5) is 30.4. The molecule has 6 nitrogen and oxygen atoms in total. The lowest BCUT2D eigenvalue weighted by Crippen LogP contribution is -2.32. The average Bonchev–Trinajstić information content (AvgIpc) is 2.87. The van der Waals surface area contributed by atoms with Gasteiger partial charge in [0, 0.05) is 35.5 Å². The van der Waals surface area contributed by atoms with E-state index >= 15 is 0 Å². The van der Waals surface area contributed by atoms with Crippen LogP contribution in [0.25, 0.3) is 11.1 Å². The molecule has 39 heavy (non-hydrogen) atoms. The van der Waals surface area contributed by atoms with Crippen molar-refractivity contribution in [2.24, 2.45) is 5.41 Å². The second-order valence-corrected chi connectivity index (χ2v) is 12.1. The van der Waals surface area contributed by atoms with Gasteiger partial charge in [0.25, 0.3) is 11.8 Å². The number of rotatable bonds is 8. The van der Waals surface area contributed by atoms with Crippen LogP contribution in [-0.2, 0) is 12.0 Å². The lowest BCUT2D eigenvalue weighted by molar-refractivity contribution is 0.0938. The summed E-state index contributed by atoms with van der Waals surface area (Å²) in [5.41, 5.74) is 6.37. The zero-order valence-corrected chi connectivity index (χ0v) is 24.2. The second kappa shape index (κ2) is 12.3. The highest BCUT2D eigenvalue weighted by atomic mass is 16.2. The van der Waals surface area contributed by atoms with E-state index in [0.29, 0.717) is 36.4 Å². The van der Waals surface area contributed by atoms with Crippen LogP contribution < -0.4 is 16.0 Å². The highest BCUT2D eigenvalue weighted by Crippen LogP contribution is 2.28. The van der Waals surface area contributed by atoms with Gasteiger partial charge < -0.3 is 16.0 Å². The fourth-order valence-corrected chi connectivity index (χ4v) is 3.98. The van der Waals surface area contributed by atoms with Crippen LogP contribution in [0.15, 0.2) is 54.7 Å². The first-order valence-electron chi connectivity index (χ1n) is 13.2. The Kier molecular flexibility index (Phi) is 9.32. The molecule has 3 aromatic rings. The zero-order chi connectivity index (χ0) is 28.8. The molecule has 0 aliphatic rings. The minimum Gasteiger partial charge on any atom is -0.352 e. The Bertz CT molecular complexity index is 1370. The van der Waals surface area contributed by atoms with Crippen LogP contribution in [0.2, 0.25) is 0 Å². The molecule has 0 atom stereocenters. The first kappa shape index (κ1) is 29.6. The van der Waals surface area contributed by atoms with Crippen molar-refractivity contribution in [2.45, 2.75) is 60.4 Å². The summed E-state index contributed by atoms with van der Waals surface area (Å²) < 4.78 is 0. The molecule has 6 heteroatoms. The van der Waals surface area contributed by atoms with Crippen molar-refractivity contribution in [3.05, 3.63) is 82.7 Å².